The van der Waals surface area contributed by atoms with E-state index in [9.17, 15) is 8.42 Å². The van der Waals surface area contributed by atoms with Crippen LogP contribution in [0.15, 0.2) is 23.1 Å². The van der Waals surface area contributed by atoms with Crippen LogP contribution in [-0.2, 0) is 10.0 Å². The number of methoxy groups -OCH3 is 1. The summed E-state index contributed by atoms with van der Waals surface area (Å²) in [5, 5.41) is 3.48. The lowest BCUT2D eigenvalue weighted by Crippen LogP contribution is -2.34. The molecule has 0 aliphatic carbocycles. The Morgan fingerprint density at radius 3 is 2.79 bits per heavy atom. The van der Waals surface area contributed by atoms with Gasteiger partial charge in [-0.25, -0.2) is 8.42 Å². The largest absolute Gasteiger partial charge is 0.495 e. The third-order valence-corrected chi connectivity index (χ3v) is 5.25. The Hall–Kier alpha value is -0.820. The highest BCUT2D eigenvalue weighted by Crippen LogP contribution is 2.28. The molecular weight excluding hydrogens is 288 g/mol. The maximum absolute atomic E-state index is 12.5. The number of nitrogens with one attached hydrogen (secondary N) is 1. The SMILES string of the molecule is COc1ccc(S(=O)(=O)N2CCCNCC2)cc1Cl. The van der Waals surface area contributed by atoms with Crippen LogP contribution in [0.2, 0.25) is 5.02 Å². The Morgan fingerprint density at radius 1 is 1.32 bits per heavy atom. The topological polar surface area (TPSA) is 58.6 Å². The van der Waals surface area contributed by atoms with Crippen LogP contribution in [0.5, 0.6) is 5.75 Å². The summed E-state index contributed by atoms with van der Waals surface area (Å²) in [6.45, 7) is 2.52. The first-order chi connectivity index (χ1) is 9.05. The second-order valence-electron chi connectivity index (χ2n) is 4.30. The van der Waals surface area contributed by atoms with Crippen molar-refractivity contribution < 1.29 is 13.2 Å². The second-order valence-corrected chi connectivity index (χ2v) is 6.65. The van der Waals surface area contributed by atoms with Crippen LogP contribution >= 0.6 is 11.6 Å². The first-order valence-corrected chi connectivity index (χ1v) is 7.92. The van der Waals surface area contributed by atoms with Gasteiger partial charge in [-0.1, -0.05) is 11.6 Å². The van der Waals surface area contributed by atoms with Crippen molar-refractivity contribution in [3.05, 3.63) is 23.2 Å². The smallest absolute Gasteiger partial charge is 0.243 e. The van der Waals surface area contributed by atoms with Crippen LogP contribution in [-0.4, -0.2) is 46.0 Å². The molecule has 2 rings (SSSR count). The fourth-order valence-electron chi connectivity index (χ4n) is 2.02. The van der Waals surface area contributed by atoms with Crippen molar-refractivity contribution in [1.29, 1.82) is 0 Å². The van der Waals surface area contributed by atoms with Gasteiger partial charge < -0.3 is 10.1 Å². The number of rotatable bonds is 3. The van der Waals surface area contributed by atoms with Gasteiger partial charge in [0.15, 0.2) is 0 Å². The normalized spacial score (nSPS) is 18.0. The van der Waals surface area contributed by atoms with Gasteiger partial charge in [-0.05, 0) is 31.2 Å². The van der Waals surface area contributed by atoms with Gasteiger partial charge in [-0.2, -0.15) is 4.31 Å². The van der Waals surface area contributed by atoms with Gasteiger partial charge in [0.1, 0.15) is 5.75 Å². The maximum Gasteiger partial charge on any atom is 0.243 e. The molecule has 0 atom stereocenters. The molecule has 7 heteroatoms. The number of hydrogen-bond acceptors (Lipinski definition) is 4. The second kappa shape index (κ2) is 6.09. The minimum Gasteiger partial charge on any atom is -0.495 e. The van der Waals surface area contributed by atoms with Crippen molar-refractivity contribution in [3.8, 4) is 5.75 Å². The Morgan fingerprint density at radius 2 is 2.11 bits per heavy atom. The third-order valence-electron chi connectivity index (χ3n) is 3.06. The average molecular weight is 305 g/mol. The van der Waals surface area contributed by atoms with Crippen LogP contribution in [0.1, 0.15) is 6.42 Å². The number of hydrogen-bond donors (Lipinski definition) is 1. The molecule has 19 heavy (non-hydrogen) atoms. The van der Waals surface area contributed by atoms with Crippen LogP contribution < -0.4 is 10.1 Å². The Balaban J connectivity index is 2.30. The zero-order valence-electron chi connectivity index (χ0n) is 10.7. The molecule has 1 heterocycles. The molecule has 1 aliphatic rings. The minimum absolute atomic E-state index is 0.209. The van der Waals surface area contributed by atoms with Gasteiger partial charge in [0.2, 0.25) is 10.0 Å². The lowest BCUT2D eigenvalue weighted by molar-refractivity contribution is 0.414. The van der Waals surface area contributed by atoms with E-state index in [0.717, 1.165) is 13.0 Å². The third kappa shape index (κ3) is 3.20. The number of ether oxygens (including phenoxy) is 1. The lowest BCUT2D eigenvalue weighted by Gasteiger charge is -2.20. The zero-order chi connectivity index (χ0) is 13.9. The van der Waals surface area contributed by atoms with Crippen molar-refractivity contribution in [1.82, 2.24) is 9.62 Å². The molecule has 0 saturated carbocycles. The molecule has 1 fully saturated rings. The Bertz CT molecular complexity index is 540. The van der Waals surface area contributed by atoms with Crippen molar-refractivity contribution in [2.75, 3.05) is 33.3 Å². The van der Waals surface area contributed by atoms with E-state index in [1.807, 2.05) is 0 Å². The summed E-state index contributed by atoms with van der Waals surface area (Å²) < 4.78 is 31.5. The summed E-state index contributed by atoms with van der Waals surface area (Å²) in [6, 6.07) is 4.54. The minimum atomic E-state index is -3.48. The van der Waals surface area contributed by atoms with Crippen molar-refractivity contribution in [2.45, 2.75) is 11.3 Å². The summed E-state index contributed by atoms with van der Waals surface area (Å²) in [4.78, 5) is 0.209. The summed E-state index contributed by atoms with van der Waals surface area (Å²) in [7, 11) is -1.98. The molecule has 1 N–H and O–H groups in total. The van der Waals surface area contributed by atoms with Crippen molar-refractivity contribution in [3.63, 3.8) is 0 Å². The molecule has 0 spiro atoms. The van der Waals surface area contributed by atoms with Crippen LogP contribution in [0, 0.1) is 0 Å². The summed E-state index contributed by atoms with van der Waals surface area (Å²) in [5.41, 5.74) is 0. The lowest BCUT2D eigenvalue weighted by atomic mass is 10.3. The Kier molecular flexibility index (Phi) is 4.67. The molecule has 0 aromatic heterocycles. The monoisotopic (exact) mass is 304 g/mol. The highest BCUT2D eigenvalue weighted by Gasteiger charge is 2.25. The Labute approximate surface area is 118 Å². The number of halogens is 1. The van der Waals surface area contributed by atoms with E-state index in [-0.39, 0.29) is 4.90 Å². The number of nitrogens with zero attached hydrogens (tertiary/aromatic N) is 1. The first-order valence-electron chi connectivity index (χ1n) is 6.10. The molecule has 0 unspecified atom stereocenters. The fraction of sp³-hybridized carbons (Fsp3) is 0.500. The van der Waals surface area contributed by atoms with E-state index in [2.05, 4.69) is 5.32 Å². The van der Waals surface area contributed by atoms with Crippen molar-refractivity contribution in [2.24, 2.45) is 0 Å². The van der Waals surface area contributed by atoms with Gasteiger partial charge >= 0.3 is 0 Å². The van der Waals surface area contributed by atoms with Gasteiger partial charge in [0.05, 0.1) is 17.0 Å². The van der Waals surface area contributed by atoms with E-state index in [1.54, 1.807) is 6.07 Å². The summed E-state index contributed by atoms with van der Waals surface area (Å²) in [5.74, 6) is 0.471. The van der Waals surface area contributed by atoms with Crippen molar-refractivity contribution >= 4 is 21.6 Å². The van der Waals surface area contributed by atoms with Crippen LogP contribution in [0.25, 0.3) is 0 Å². The maximum atomic E-state index is 12.5. The molecule has 0 radical (unpaired) electrons. The average Bonchev–Trinajstić information content (AvgIpc) is 2.67. The number of benzene rings is 1. The quantitative estimate of drug-likeness (QED) is 0.915. The molecule has 0 bridgehead atoms. The number of sulfonamides is 1. The van der Waals surface area contributed by atoms with E-state index in [1.165, 1.54) is 23.5 Å². The highest BCUT2D eigenvalue weighted by atomic mass is 35.5. The highest BCUT2D eigenvalue weighted by molar-refractivity contribution is 7.89. The van der Waals surface area contributed by atoms with Gasteiger partial charge in [0, 0.05) is 19.6 Å². The van der Waals surface area contributed by atoms with Crippen LogP contribution in [0.4, 0.5) is 0 Å². The zero-order valence-corrected chi connectivity index (χ0v) is 12.3. The van der Waals surface area contributed by atoms with E-state index < -0.39 is 10.0 Å². The fourth-order valence-corrected chi connectivity index (χ4v) is 3.85. The standard InChI is InChI=1S/C12H17ClN2O3S/c1-18-12-4-3-10(9-11(12)13)19(16,17)15-7-2-5-14-6-8-15/h3-4,9,14H,2,5-8H2,1H3. The molecule has 1 aromatic rings. The molecule has 1 aromatic carbocycles. The summed E-state index contributed by atoms with van der Waals surface area (Å²) >= 11 is 5.99. The first kappa shape index (κ1) is 14.6. The van der Waals surface area contributed by atoms with Gasteiger partial charge in [-0.3, -0.25) is 0 Å². The predicted octanol–water partition coefficient (Wildman–Crippen LogP) is 1.33. The predicted molar refractivity (Wildman–Crippen MR) is 74.2 cm³/mol. The van der Waals surface area contributed by atoms with E-state index >= 15 is 0 Å². The molecule has 5 nitrogen and oxygen atoms in total. The summed E-state index contributed by atoms with van der Waals surface area (Å²) in [6.07, 6.45) is 0.809. The van der Waals surface area contributed by atoms with Gasteiger partial charge in [0.25, 0.3) is 0 Å². The molecule has 0 amide bonds. The van der Waals surface area contributed by atoms with E-state index in [0.29, 0.717) is 30.4 Å². The molecule has 106 valence electrons. The van der Waals surface area contributed by atoms with E-state index in [4.69, 9.17) is 16.3 Å². The molecule has 1 aliphatic heterocycles. The molecule has 1 saturated heterocycles. The van der Waals surface area contributed by atoms with Gasteiger partial charge in [-0.15, -0.1) is 0 Å². The molecular formula is C12H17ClN2O3S. The van der Waals surface area contributed by atoms with Crippen LogP contribution in [0.3, 0.4) is 0 Å².